The largest absolute Gasteiger partial charge is 0.306 e. The summed E-state index contributed by atoms with van der Waals surface area (Å²) in [7, 11) is 2.30. The number of rotatable bonds is 0. The molecule has 5 unspecified atom stereocenters. The first-order valence-corrected chi connectivity index (χ1v) is 5.80. The fourth-order valence-electron chi connectivity index (χ4n) is 4.04. The predicted molar refractivity (Wildman–Crippen MR) is 54.5 cm³/mol. The van der Waals surface area contributed by atoms with Crippen LogP contribution >= 0.6 is 0 Å². The van der Waals surface area contributed by atoms with Crippen LogP contribution in [0, 0.1) is 29.1 Å². The molecule has 0 aromatic heterocycles. The number of fused-ring (bicyclic) bond motifs is 3. The zero-order chi connectivity index (χ0) is 9.22. The highest BCUT2D eigenvalue weighted by molar-refractivity contribution is 5.13. The normalized spacial score (nSPS) is 60.2. The summed E-state index contributed by atoms with van der Waals surface area (Å²) in [5.41, 5.74) is 0.783. The molecule has 2 aliphatic carbocycles. The van der Waals surface area contributed by atoms with Crippen molar-refractivity contribution in [2.45, 2.75) is 26.7 Å². The first-order valence-electron chi connectivity index (χ1n) is 5.80. The van der Waals surface area contributed by atoms with Crippen molar-refractivity contribution in [2.75, 3.05) is 20.1 Å². The molecule has 1 nitrogen and oxygen atoms in total. The van der Waals surface area contributed by atoms with Gasteiger partial charge in [-0.1, -0.05) is 13.8 Å². The second-order valence-corrected chi connectivity index (χ2v) is 6.12. The lowest BCUT2D eigenvalue weighted by atomic mass is 9.90. The fourth-order valence-corrected chi connectivity index (χ4v) is 4.04. The van der Waals surface area contributed by atoms with Gasteiger partial charge in [0.2, 0.25) is 0 Å². The summed E-state index contributed by atoms with van der Waals surface area (Å²) in [5, 5.41) is 0. The lowest BCUT2D eigenvalue weighted by Gasteiger charge is -2.26. The van der Waals surface area contributed by atoms with Gasteiger partial charge in [-0.25, -0.2) is 0 Å². The van der Waals surface area contributed by atoms with Gasteiger partial charge in [-0.2, -0.15) is 0 Å². The van der Waals surface area contributed by atoms with Crippen molar-refractivity contribution >= 4 is 0 Å². The molecule has 5 atom stereocenters. The van der Waals surface area contributed by atoms with Gasteiger partial charge in [0.15, 0.2) is 0 Å². The molecular weight excluding hydrogens is 158 g/mol. The van der Waals surface area contributed by atoms with E-state index in [4.69, 9.17) is 0 Å². The Morgan fingerprint density at radius 3 is 2.77 bits per heavy atom. The molecule has 0 aromatic rings. The molecule has 74 valence electrons. The van der Waals surface area contributed by atoms with Gasteiger partial charge in [0.05, 0.1) is 0 Å². The van der Waals surface area contributed by atoms with Crippen LogP contribution in [0.25, 0.3) is 0 Å². The van der Waals surface area contributed by atoms with Crippen LogP contribution in [-0.4, -0.2) is 25.0 Å². The van der Waals surface area contributed by atoms with E-state index in [0.29, 0.717) is 0 Å². The van der Waals surface area contributed by atoms with Gasteiger partial charge in [0.1, 0.15) is 0 Å². The molecule has 0 radical (unpaired) electrons. The Hall–Kier alpha value is -0.0400. The lowest BCUT2D eigenvalue weighted by Crippen LogP contribution is -2.31. The van der Waals surface area contributed by atoms with Crippen LogP contribution in [0.3, 0.4) is 0 Å². The minimum absolute atomic E-state index is 0.783. The SMILES string of the molecule is CC1CN(C)CC2CC2C2(C)CC12. The maximum atomic E-state index is 2.56. The summed E-state index contributed by atoms with van der Waals surface area (Å²) in [6, 6.07) is 0. The highest BCUT2D eigenvalue weighted by atomic mass is 15.1. The van der Waals surface area contributed by atoms with Gasteiger partial charge in [0, 0.05) is 13.1 Å². The molecule has 0 amide bonds. The molecule has 13 heavy (non-hydrogen) atoms. The van der Waals surface area contributed by atoms with Crippen molar-refractivity contribution in [1.29, 1.82) is 0 Å². The second kappa shape index (κ2) is 2.31. The van der Waals surface area contributed by atoms with Crippen LogP contribution in [0.2, 0.25) is 0 Å². The average molecular weight is 179 g/mol. The van der Waals surface area contributed by atoms with Crippen LogP contribution in [0.15, 0.2) is 0 Å². The van der Waals surface area contributed by atoms with Crippen LogP contribution in [0.5, 0.6) is 0 Å². The Bertz CT molecular complexity index is 237. The van der Waals surface area contributed by atoms with Crippen molar-refractivity contribution in [1.82, 2.24) is 4.90 Å². The van der Waals surface area contributed by atoms with Crippen LogP contribution in [-0.2, 0) is 0 Å². The third kappa shape index (κ3) is 1.09. The van der Waals surface area contributed by atoms with Gasteiger partial charge >= 0.3 is 0 Å². The number of likely N-dealkylation sites (tertiary alicyclic amines) is 1. The molecule has 1 heteroatoms. The van der Waals surface area contributed by atoms with E-state index >= 15 is 0 Å². The van der Waals surface area contributed by atoms with Crippen molar-refractivity contribution in [3.05, 3.63) is 0 Å². The molecule has 0 aromatic carbocycles. The van der Waals surface area contributed by atoms with E-state index in [0.717, 1.165) is 29.1 Å². The molecule has 2 saturated carbocycles. The van der Waals surface area contributed by atoms with Gasteiger partial charge in [-0.15, -0.1) is 0 Å². The predicted octanol–water partition coefficient (Wildman–Crippen LogP) is 2.23. The summed E-state index contributed by atoms with van der Waals surface area (Å²) >= 11 is 0. The Kier molecular flexibility index (Phi) is 1.47. The van der Waals surface area contributed by atoms with Crippen molar-refractivity contribution in [2.24, 2.45) is 29.1 Å². The number of hydrogen-bond donors (Lipinski definition) is 0. The molecule has 1 saturated heterocycles. The van der Waals surface area contributed by atoms with E-state index < -0.39 is 0 Å². The smallest absolute Gasteiger partial charge is 0.000969 e. The van der Waals surface area contributed by atoms with Gasteiger partial charge in [0.25, 0.3) is 0 Å². The van der Waals surface area contributed by atoms with Crippen LogP contribution in [0.4, 0.5) is 0 Å². The summed E-state index contributed by atoms with van der Waals surface area (Å²) in [4.78, 5) is 2.56. The van der Waals surface area contributed by atoms with Crippen molar-refractivity contribution in [3.8, 4) is 0 Å². The summed E-state index contributed by atoms with van der Waals surface area (Å²) in [6.07, 6.45) is 3.06. The van der Waals surface area contributed by atoms with E-state index in [1.165, 1.54) is 25.9 Å². The molecule has 3 fully saturated rings. The maximum Gasteiger partial charge on any atom is 0.000969 e. The maximum absolute atomic E-state index is 2.56. The summed E-state index contributed by atoms with van der Waals surface area (Å²) in [6.45, 7) is 7.71. The Balaban J connectivity index is 1.81. The zero-order valence-corrected chi connectivity index (χ0v) is 9.09. The topological polar surface area (TPSA) is 3.24 Å². The van der Waals surface area contributed by atoms with Crippen LogP contribution < -0.4 is 0 Å². The molecule has 1 aliphatic heterocycles. The Labute approximate surface area is 81.5 Å². The lowest BCUT2D eigenvalue weighted by molar-refractivity contribution is 0.207. The minimum Gasteiger partial charge on any atom is -0.306 e. The zero-order valence-electron chi connectivity index (χ0n) is 9.09. The summed E-state index contributed by atoms with van der Waals surface area (Å²) < 4.78 is 0. The van der Waals surface area contributed by atoms with Gasteiger partial charge < -0.3 is 4.90 Å². The minimum atomic E-state index is 0.783. The number of nitrogens with zero attached hydrogens (tertiary/aromatic N) is 1. The highest BCUT2D eigenvalue weighted by Crippen LogP contribution is 2.70. The standard InChI is InChI=1S/C12H21N/c1-8-6-13(3)7-9-4-10(9)12(2)5-11(8)12/h8-11H,4-7H2,1-3H3. The van der Waals surface area contributed by atoms with Gasteiger partial charge in [-0.05, 0) is 49.0 Å². The molecule has 0 N–H and O–H groups in total. The first kappa shape index (κ1) is 8.28. The van der Waals surface area contributed by atoms with Crippen LogP contribution in [0.1, 0.15) is 26.7 Å². The monoisotopic (exact) mass is 179 g/mol. The molecule has 3 aliphatic rings. The highest BCUT2D eigenvalue weighted by Gasteiger charge is 2.64. The van der Waals surface area contributed by atoms with E-state index in [1.807, 2.05) is 0 Å². The van der Waals surface area contributed by atoms with E-state index in [1.54, 1.807) is 0 Å². The van der Waals surface area contributed by atoms with E-state index in [-0.39, 0.29) is 0 Å². The molecule has 1 heterocycles. The quantitative estimate of drug-likeness (QED) is 0.551. The summed E-state index contributed by atoms with van der Waals surface area (Å²) in [5.74, 6) is 4.16. The van der Waals surface area contributed by atoms with Crippen molar-refractivity contribution in [3.63, 3.8) is 0 Å². The van der Waals surface area contributed by atoms with E-state index in [9.17, 15) is 0 Å². The Morgan fingerprint density at radius 1 is 1.23 bits per heavy atom. The third-order valence-electron chi connectivity index (χ3n) is 4.95. The molecular formula is C12H21N. The third-order valence-corrected chi connectivity index (χ3v) is 4.95. The van der Waals surface area contributed by atoms with Gasteiger partial charge in [-0.3, -0.25) is 0 Å². The number of hydrogen-bond acceptors (Lipinski definition) is 1. The molecule has 3 rings (SSSR count). The molecule has 0 bridgehead atoms. The second-order valence-electron chi connectivity index (χ2n) is 6.12. The molecule has 0 spiro atoms. The Morgan fingerprint density at radius 2 is 2.00 bits per heavy atom. The fraction of sp³-hybridized carbons (Fsp3) is 1.00. The van der Waals surface area contributed by atoms with E-state index in [2.05, 4.69) is 25.8 Å². The average Bonchev–Trinajstić information content (AvgIpc) is 2.86. The first-order chi connectivity index (χ1) is 6.11. The van der Waals surface area contributed by atoms with Crippen molar-refractivity contribution < 1.29 is 0 Å².